The molecule has 6 heteroatoms. The number of sulfonamides is 1. The van der Waals surface area contributed by atoms with Crippen molar-refractivity contribution in [3.05, 3.63) is 0 Å². The third-order valence-electron chi connectivity index (χ3n) is 4.16. The summed E-state index contributed by atoms with van der Waals surface area (Å²) in [5, 5.41) is 3.54. The second-order valence-corrected chi connectivity index (χ2v) is 7.74. The monoisotopic (exact) mass is 290 g/mol. The van der Waals surface area contributed by atoms with E-state index in [0.29, 0.717) is 12.6 Å². The molecule has 2 aliphatic rings. The fraction of sp³-hybridized carbons (Fsp3) is 1.00. The van der Waals surface area contributed by atoms with Crippen molar-refractivity contribution in [2.45, 2.75) is 56.6 Å². The van der Waals surface area contributed by atoms with Crippen LogP contribution in [0.15, 0.2) is 0 Å². The molecule has 0 aromatic rings. The highest BCUT2D eigenvalue weighted by atomic mass is 32.2. The molecule has 19 heavy (non-hydrogen) atoms. The van der Waals surface area contributed by atoms with Crippen LogP contribution < -0.4 is 10.0 Å². The summed E-state index contributed by atoms with van der Waals surface area (Å²) in [4.78, 5) is 0. The summed E-state index contributed by atoms with van der Waals surface area (Å²) in [5.41, 5.74) is 0.154. The Bertz CT molecular complexity index is 377. The fourth-order valence-electron chi connectivity index (χ4n) is 3.22. The van der Waals surface area contributed by atoms with Crippen LogP contribution in [0, 0.1) is 0 Å². The number of rotatable bonds is 6. The Morgan fingerprint density at radius 2 is 2.00 bits per heavy atom. The lowest BCUT2D eigenvalue weighted by atomic mass is 9.89. The fourth-order valence-corrected chi connectivity index (χ4v) is 3.74. The molecule has 2 N–H and O–H groups in total. The lowest BCUT2D eigenvalue weighted by Crippen LogP contribution is -2.46. The number of ether oxygens (including phenoxy) is 1. The van der Waals surface area contributed by atoms with Gasteiger partial charge in [-0.3, -0.25) is 0 Å². The molecule has 1 saturated heterocycles. The molecule has 112 valence electrons. The van der Waals surface area contributed by atoms with E-state index >= 15 is 0 Å². The standard InChI is InChI=1S/C13H26N2O3S/c1-19(16,17)15-9-4-8-14-12-5-10-18-13(11-12)6-2-3-7-13/h12,14-15H,2-11H2,1H3. The Balaban J connectivity index is 1.63. The van der Waals surface area contributed by atoms with E-state index in [1.165, 1.54) is 31.9 Å². The Kier molecular flexibility index (Phi) is 5.22. The van der Waals surface area contributed by atoms with Crippen LogP contribution in [0.5, 0.6) is 0 Å². The zero-order valence-electron chi connectivity index (χ0n) is 11.8. The van der Waals surface area contributed by atoms with Crippen LogP contribution in [-0.4, -0.2) is 46.0 Å². The van der Waals surface area contributed by atoms with E-state index in [0.717, 1.165) is 32.4 Å². The van der Waals surface area contributed by atoms with Gasteiger partial charge in [-0.25, -0.2) is 13.1 Å². The van der Waals surface area contributed by atoms with Gasteiger partial charge in [-0.15, -0.1) is 0 Å². The Hall–Kier alpha value is -0.170. The summed E-state index contributed by atoms with van der Waals surface area (Å²) in [5.74, 6) is 0. The van der Waals surface area contributed by atoms with Gasteiger partial charge in [0.2, 0.25) is 10.0 Å². The van der Waals surface area contributed by atoms with Crippen molar-refractivity contribution in [2.75, 3.05) is 26.0 Å². The van der Waals surface area contributed by atoms with Gasteiger partial charge < -0.3 is 10.1 Å². The molecular weight excluding hydrogens is 264 g/mol. The summed E-state index contributed by atoms with van der Waals surface area (Å²) in [6, 6.07) is 0.532. The van der Waals surface area contributed by atoms with Gasteiger partial charge in [0, 0.05) is 19.2 Å². The number of hydrogen-bond donors (Lipinski definition) is 2. The van der Waals surface area contributed by atoms with Gasteiger partial charge in [0.1, 0.15) is 0 Å². The highest BCUT2D eigenvalue weighted by Crippen LogP contribution is 2.39. The third-order valence-corrected chi connectivity index (χ3v) is 4.89. The molecule has 0 aromatic heterocycles. The first-order valence-electron chi connectivity index (χ1n) is 7.31. The largest absolute Gasteiger partial charge is 0.375 e. The molecule has 0 radical (unpaired) electrons. The van der Waals surface area contributed by atoms with E-state index in [1.807, 2.05) is 0 Å². The average Bonchev–Trinajstić information content (AvgIpc) is 2.75. The molecular formula is C13H26N2O3S. The van der Waals surface area contributed by atoms with Crippen molar-refractivity contribution in [3.8, 4) is 0 Å². The topological polar surface area (TPSA) is 67.4 Å². The minimum atomic E-state index is -3.05. The number of nitrogens with one attached hydrogen (secondary N) is 2. The third kappa shape index (κ3) is 5.02. The van der Waals surface area contributed by atoms with Crippen molar-refractivity contribution in [2.24, 2.45) is 0 Å². The Labute approximate surface area is 116 Å². The van der Waals surface area contributed by atoms with Crippen LogP contribution in [0.4, 0.5) is 0 Å². The predicted molar refractivity (Wildman–Crippen MR) is 75.6 cm³/mol. The van der Waals surface area contributed by atoms with Crippen molar-refractivity contribution >= 4 is 10.0 Å². The molecule has 1 heterocycles. The molecule has 0 bridgehead atoms. The summed E-state index contributed by atoms with van der Waals surface area (Å²) >= 11 is 0. The zero-order chi connectivity index (χ0) is 13.8. The number of hydrogen-bond acceptors (Lipinski definition) is 4. The Morgan fingerprint density at radius 1 is 1.26 bits per heavy atom. The quantitative estimate of drug-likeness (QED) is 0.716. The van der Waals surface area contributed by atoms with Gasteiger partial charge in [-0.2, -0.15) is 0 Å². The summed E-state index contributed by atoms with van der Waals surface area (Å²) in [7, 11) is -3.05. The summed E-state index contributed by atoms with van der Waals surface area (Å²) in [6.07, 6.45) is 9.23. The van der Waals surface area contributed by atoms with Gasteiger partial charge in [0.05, 0.1) is 11.9 Å². The van der Waals surface area contributed by atoms with Crippen LogP contribution in [0.25, 0.3) is 0 Å². The maximum atomic E-state index is 10.9. The van der Waals surface area contributed by atoms with Gasteiger partial charge in [-0.1, -0.05) is 12.8 Å². The van der Waals surface area contributed by atoms with Crippen molar-refractivity contribution in [3.63, 3.8) is 0 Å². The van der Waals surface area contributed by atoms with E-state index in [-0.39, 0.29) is 5.60 Å². The van der Waals surface area contributed by atoms with Crippen LogP contribution in [-0.2, 0) is 14.8 Å². The first-order valence-corrected chi connectivity index (χ1v) is 9.20. The molecule has 0 aromatic carbocycles. The highest BCUT2D eigenvalue weighted by molar-refractivity contribution is 7.88. The van der Waals surface area contributed by atoms with E-state index in [2.05, 4.69) is 10.0 Å². The molecule has 1 aliphatic heterocycles. The molecule has 5 nitrogen and oxygen atoms in total. The second-order valence-electron chi connectivity index (χ2n) is 5.90. The lowest BCUT2D eigenvalue weighted by molar-refractivity contribution is -0.0835. The van der Waals surface area contributed by atoms with E-state index in [1.54, 1.807) is 0 Å². The van der Waals surface area contributed by atoms with E-state index in [4.69, 9.17) is 4.74 Å². The molecule has 2 fully saturated rings. The molecule has 1 unspecified atom stereocenters. The second kappa shape index (κ2) is 6.52. The van der Waals surface area contributed by atoms with Crippen molar-refractivity contribution < 1.29 is 13.2 Å². The summed E-state index contributed by atoms with van der Waals surface area (Å²) < 4.78 is 30.3. The van der Waals surface area contributed by atoms with Gasteiger partial charge >= 0.3 is 0 Å². The molecule has 2 rings (SSSR count). The van der Waals surface area contributed by atoms with Crippen LogP contribution >= 0.6 is 0 Å². The smallest absolute Gasteiger partial charge is 0.208 e. The predicted octanol–water partition coefficient (Wildman–Crippen LogP) is 1.01. The molecule has 1 atom stereocenters. The van der Waals surface area contributed by atoms with Crippen molar-refractivity contribution in [1.82, 2.24) is 10.0 Å². The van der Waals surface area contributed by atoms with Gasteiger partial charge in [-0.05, 0) is 38.6 Å². The Morgan fingerprint density at radius 3 is 2.68 bits per heavy atom. The molecule has 1 spiro atoms. The minimum absolute atomic E-state index is 0.154. The van der Waals surface area contributed by atoms with Gasteiger partial charge in [0.25, 0.3) is 0 Å². The summed E-state index contributed by atoms with van der Waals surface area (Å²) in [6.45, 7) is 2.24. The SMILES string of the molecule is CS(=O)(=O)NCCCNC1CCOC2(CCCC2)C1. The first kappa shape index (κ1) is 15.2. The van der Waals surface area contributed by atoms with Crippen LogP contribution in [0.3, 0.4) is 0 Å². The first-order chi connectivity index (χ1) is 8.99. The molecule has 1 saturated carbocycles. The van der Waals surface area contributed by atoms with E-state index < -0.39 is 10.0 Å². The van der Waals surface area contributed by atoms with Crippen molar-refractivity contribution in [1.29, 1.82) is 0 Å². The maximum Gasteiger partial charge on any atom is 0.208 e. The average molecular weight is 290 g/mol. The zero-order valence-corrected chi connectivity index (χ0v) is 12.6. The van der Waals surface area contributed by atoms with E-state index in [9.17, 15) is 8.42 Å². The molecule has 0 amide bonds. The molecule has 1 aliphatic carbocycles. The minimum Gasteiger partial charge on any atom is -0.375 e. The normalized spacial score (nSPS) is 26.9. The lowest BCUT2D eigenvalue weighted by Gasteiger charge is -2.38. The van der Waals surface area contributed by atoms with Gasteiger partial charge in [0.15, 0.2) is 0 Å². The highest BCUT2D eigenvalue weighted by Gasteiger charge is 2.39. The maximum absolute atomic E-state index is 10.9. The van der Waals surface area contributed by atoms with Crippen LogP contribution in [0.1, 0.15) is 44.9 Å². The van der Waals surface area contributed by atoms with Crippen LogP contribution in [0.2, 0.25) is 0 Å².